The minimum atomic E-state index is -4.42. The largest absolute Gasteiger partial charge is 0.479 e. The molecule has 2 aromatic carbocycles. The van der Waals surface area contributed by atoms with Crippen LogP contribution in [0.5, 0.6) is 5.75 Å². The van der Waals surface area contributed by atoms with Crippen LogP contribution in [0.15, 0.2) is 42.5 Å². The number of thiazole rings is 1. The molecule has 4 rings (SSSR count). The zero-order chi connectivity index (χ0) is 22.3. The van der Waals surface area contributed by atoms with Gasteiger partial charge in [0.25, 0.3) is 11.8 Å². The minimum absolute atomic E-state index is 0.282. The number of carbonyl (C=O) groups excluding carboxylic acids is 2. The van der Waals surface area contributed by atoms with E-state index in [0.29, 0.717) is 38.3 Å². The second-order valence-corrected chi connectivity index (χ2v) is 7.92. The van der Waals surface area contributed by atoms with Gasteiger partial charge in [0, 0.05) is 11.3 Å². The van der Waals surface area contributed by atoms with Crippen LogP contribution in [0.2, 0.25) is 0 Å². The Morgan fingerprint density at radius 3 is 2.58 bits per heavy atom. The van der Waals surface area contributed by atoms with Crippen molar-refractivity contribution in [2.24, 2.45) is 0 Å². The van der Waals surface area contributed by atoms with Crippen molar-refractivity contribution in [2.45, 2.75) is 26.1 Å². The molecule has 0 aliphatic carbocycles. The molecule has 0 saturated heterocycles. The summed E-state index contributed by atoms with van der Waals surface area (Å²) in [5.41, 5.74) is 1.10. The summed E-state index contributed by atoms with van der Waals surface area (Å²) in [7, 11) is 0. The number of carbonyl (C=O) groups is 2. The summed E-state index contributed by atoms with van der Waals surface area (Å²) in [4.78, 5) is 29.2. The van der Waals surface area contributed by atoms with E-state index < -0.39 is 23.8 Å². The van der Waals surface area contributed by atoms with Crippen LogP contribution in [-0.2, 0) is 11.0 Å². The maximum absolute atomic E-state index is 12.8. The Morgan fingerprint density at radius 2 is 1.90 bits per heavy atom. The van der Waals surface area contributed by atoms with E-state index in [1.807, 2.05) is 0 Å². The van der Waals surface area contributed by atoms with Gasteiger partial charge < -0.3 is 15.4 Å². The lowest BCUT2D eigenvalue weighted by Gasteiger charge is -2.23. The van der Waals surface area contributed by atoms with Crippen molar-refractivity contribution in [1.29, 1.82) is 0 Å². The van der Waals surface area contributed by atoms with Crippen LogP contribution in [0.1, 0.15) is 27.9 Å². The van der Waals surface area contributed by atoms with Crippen molar-refractivity contribution in [3.05, 3.63) is 58.6 Å². The van der Waals surface area contributed by atoms with E-state index in [2.05, 4.69) is 15.6 Å². The predicted octanol–water partition coefficient (Wildman–Crippen LogP) is 5.11. The monoisotopic (exact) mass is 447 g/mol. The molecule has 0 radical (unpaired) electrons. The van der Waals surface area contributed by atoms with Crippen molar-refractivity contribution in [1.82, 2.24) is 4.98 Å². The summed E-state index contributed by atoms with van der Waals surface area (Å²) < 4.78 is 43.7. The van der Waals surface area contributed by atoms with Crippen LogP contribution in [0, 0.1) is 6.92 Å². The van der Waals surface area contributed by atoms with Gasteiger partial charge in [-0.2, -0.15) is 13.2 Å². The molecule has 1 aromatic heterocycles. The first-order valence-corrected chi connectivity index (χ1v) is 10.0. The number of hydrogen-bond donors (Lipinski definition) is 2. The Balaban J connectivity index is 1.53. The molecule has 1 aliphatic rings. The maximum atomic E-state index is 12.8. The first-order chi connectivity index (χ1) is 14.6. The Kier molecular flexibility index (Phi) is 5.18. The number of fused-ring (bicyclic) bond motifs is 1. The fourth-order valence-electron chi connectivity index (χ4n) is 3.01. The van der Waals surface area contributed by atoms with E-state index in [4.69, 9.17) is 4.74 Å². The van der Waals surface area contributed by atoms with E-state index in [0.717, 1.165) is 23.5 Å². The van der Waals surface area contributed by atoms with E-state index in [1.54, 1.807) is 32.0 Å². The number of halogens is 3. The van der Waals surface area contributed by atoms with Crippen molar-refractivity contribution in [3.63, 3.8) is 0 Å². The lowest BCUT2D eigenvalue weighted by Crippen LogP contribution is -2.34. The van der Waals surface area contributed by atoms with Gasteiger partial charge >= 0.3 is 6.18 Å². The second-order valence-electron chi connectivity index (χ2n) is 6.92. The zero-order valence-electron chi connectivity index (χ0n) is 16.3. The molecule has 1 atom stereocenters. The van der Waals surface area contributed by atoms with Crippen LogP contribution in [0.3, 0.4) is 0 Å². The second kappa shape index (κ2) is 7.69. The highest BCUT2D eigenvalue weighted by Crippen LogP contribution is 2.34. The van der Waals surface area contributed by atoms with Gasteiger partial charge in [-0.25, -0.2) is 4.98 Å². The molecular weight excluding hydrogens is 431 g/mol. The topological polar surface area (TPSA) is 80.3 Å². The van der Waals surface area contributed by atoms with Crippen molar-refractivity contribution < 1.29 is 27.5 Å². The average Bonchev–Trinajstić information content (AvgIpc) is 3.10. The zero-order valence-corrected chi connectivity index (χ0v) is 17.1. The lowest BCUT2D eigenvalue weighted by atomic mass is 10.1. The van der Waals surface area contributed by atoms with Crippen LogP contribution in [0.25, 0.3) is 10.6 Å². The van der Waals surface area contributed by atoms with Gasteiger partial charge in [-0.3, -0.25) is 9.59 Å². The number of nitrogens with one attached hydrogen (secondary N) is 2. The van der Waals surface area contributed by atoms with Gasteiger partial charge in [0.15, 0.2) is 6.10 Å². The number of aryl methyl sites for hydroxylation is 1. The molecule has 160 valence electrons. The van der Waals surface area contributed by atoms with E-state index >= 15 is 0 Å². The molecule has 1 aliphatic heterocycles. The number of nitrogens with zero attached hydrogens (tertiary/aromatic N) is 1. The van der Waals surface area contributed by atoms with Crippen LogP contribution in [0.4, 0.5) is 24.5 Å². The molecule has 10 heteroatoms. The first-order valence-electron chi connectivity index (χ1n) is 9.20. The smallest absolute Gasteiger partial charge is 0.416 e. The van der Waals surface area contributed by atoms with E-state index in [-0.39, 0.29) is 5.91 Å². The highest BCUT2D eigenvalue weighted by molar-refractivity contribution is 7.17. The molecule has 2 heterocycles. The quantitative estimate of drug-likeness (QED) is 0.585. The molecule has 0 spiro atoms. The van der Waals surface area contributed by atoms with Gasteiger partial charge in [-0.1, -0.05) is 12.1 Å². The molecule has 6 nitrogen and oxygen atoms in total. The van der Waals surface area contributed by atoms with Crippen LogP contribution < -0.4 is 15.4 Å². The highest BCUT2D eigenvalue weighted by Gasteiger charge is 2.30. The fraction of sp³-hybridized carbons (Fsp3) is 0.190. The van der Waals surface area contributed by atoms with Crippen molar-refractivity contribution in [2.75, 3.05) is 10.6 Å². The number of aromatic nitrogens is 1. The highest BCUT2D eigenvalue weighted by atomic mass is 32.1. The van der Waals surface area contributed by atoms with Crippen molar-refractivity contribution in [3.8, 4) is 16.3 Å². The van der Waals surface area contributed by atoms with E-state index in [1.165, 1.54) is 12.1 Å². The number of rotatable bonds is 3. The Bertz CT molecular complexity index is 1170. The normalized spacial score (nSPS) is 15.6. The molecule has 0 saturated carbocycles. The minimum Gasteiger partial charge on any atom is -0.479 e. The Morgan fingerprint density at radius 1 is 1.19 bits per heavy atom. The Hall–Kier alpha value is -3.40. The summed E-state index contributed by atoms with van der Waals surface area (Å²) in [6.07, 6.45) is -5.02. The number of ether oxygens (including phenoxy) is 1. The number of amides is 2. The number of benzene rings is 2. The third-order valence-electron chi connectivity index (χ3n) is 4.63. The summed E-state index contributed by atoms with van der Waals surface area (Å²) >= 11 is 1.08. The SMILES string of the molecule is Cc1nc(-c2ccc(C(F)(F)F)cc2)sc1C(=O)Nc1ccc2c(c1)NC(=O)C(C)O2. The van der Waals surface area contributed by atoms with Gasteiger partial charge in [0.2, 0.25) is 0 Å². The molecule has 2 amide bonds. The number of alkyl halides is 3. The van der Waals surface area contributed by atoms with Gasteiger partial charge in [-0.05, 0) is 44.2 Å². The third-order valence-corrected chi connectivity index (χ3v) is 5.84. The van der Waals surface area contributed by atoms with E-state index in [9.17, 15) is 22.8 Å². The summed E-state index contributed by atoms with van der Waals surface area (Å²) in [5, 5.41) is 5.90. The first kappa shape index (κ1) is 20.9. The Labute approximate surface area is 179 Å². The number of hydrogen-bond acceptors (Lipinski definition) is 5. The molecule has 3 aromatic rings. The third kappa shape index (κ3) is 4.24. The van der Waals surface area contributed by atoms with Crippen LogP contribution in [-0.4, -0.2) is 22.9 Å². The molecule has 0 bridgehead atoms. The van der Waals surface area contributed by atoms with Crippen molar-refractivity contribution >= 4 is 34.5 Å². The summed E-state index contributed by atoms with van der Waals surface area (Å²) in [6.45, 7) is 3.29. The molecule has 0 fully saturated rings. The average molecular weight is 447 g/mol. The predicted molar refractivity (Wildman–Crippen MR) is 110 cm³/mol. The number of anilines is 2. The summed E-state index contributed by atoms with van der Waals surface area (Å²) in [5.74, 6) is -0.191. The lowest BCUT2D eigenvalue weighted by molar-refractivity contribution is -0.137. The molecule has 1 unspecified atom stereocenters. The van der Waals surface area contributed by atoms with Gasteiger partial charge in [0.05, 0.1) is 16.9 Å². The summed E-state index contributed by atoms with van der Waals surface area (Å²) in [6, 6.07) is 9.50. The van der Waals surface area contributed by atoms with Gasteiger partial charge in [-0.15, -0.1) is 11.3 Å². The van der Waals surface area contributed by atoms with Crippen LogP contribution >= 0.6 is 11.3 Å². The molecular formula is C21H16F3N3O3S. The maximum Gasteiger partial charge on any atom is 0.416 e. The molecule has 31 heavy (non-hydrogen) atoms. The standard InChI is InChI=1S/C21H16F3N3O3S/c1-10-17(31-20(25-10)12-3-5-13(6-4-12)21(22,23)24)19(29)26-14-7-8-16-15(9-14)27-18(28)11(2)30-16/h3-9,11H,1-2H3,(H,26,29)(H,27,28). The molecule has 2 N–H and O–H groups in total. The fourth-order valence-corrected chi connectivity index (χ4v) is 3.97. The van der Waals surface area contributed by atoms with Gasteiger partial charge in [0.1, 0.15) is 15.6 Å².